The van der Waals surface area contributed by atoms with Crippen LogP contribution in [-0.4, -0.2) is 0 Å². The number of hydrogen-bond donors (Lipinski definition) is 0. The highest BCUT2D eigenvalue weighted by Gasteiger charge is 2.20. The van der Waals surface area contributed by atoms with E-state index in [9.17, 15) is 0 Å². The summed E-state index contributed by atoms with van der Waals surface area (Å²) >= 11 is 1.83. The summed E-state index contributed by atoms with van der Waals surface area (Å²) in [5.74, 6) is 0. The molecule has 0 saturated carbocycles. The highest BCUT2D eigenvalue weighted by Crippen LogP contribution is 2.47. The van der Waals surface area contributed by atoms with Crippen molar-refractivity contribution in [1.29, 1.82) is 0 Å². The molecule has 0 aliphatic rings. The Balaban J connectivity index is 1.58. The van der Waals surface area contributed by atoms with Gasteiger partial charge < -0.3 is 0 Å². The molecule has 40 heavy (non-hydrogen) atoms. The molecule has 0 unspecified atom stereocenters. The average molecular weight is 529 g/mol. The minimum Gasteiger partial charge on any atom is -0.135 e. The monoisotopic (exact) mass is 528 g/mol. The third kappa shape index (κ3) is 3.90. The van der Waals surface area contributed by atoms with Crippen LogP contribution in [0, 0.1) is 0 Å². The van der Waals surface area contributed by atoms with E-state index >= 15 is 0 Å². The molecule has 0 spiro atoms. The fourth-order valence-corrected chi connectivity index (χ4v) is 7.22. The average Bonchev–Trinajstić information content (AvgIpc) is 3.38. The van der Waals surface area contributed by atoms with Crippen LogP contribution < -0.4 is 0 Å². The largest absolute Gasteiger partial charge is 0.135 e. The first-order chi connectivity index (χ1) is 19.8. The minimum atomic E-state index is 1.21. The van der Waals surface area contributed by atoms with Gasteiger partial charge in [0.2, 0.25) is 0 Å². The van der Waals surface area contributed by atoms with Gasteiger partial charge in [0.15, 0.2) is 0 Å². The van der Waals surface area contributed by atoms with Gasteiger partial charge in [-0.25, -0.2) is 0 Å². The van der Waals surface area contributed by atoms with Crippen molar-refractivity contribution in [1.82, 2.24) is 0 Å². The lowest BCUT2D eigenvalue weighted by Gasteiger charge is -2.18. The van der Waals surface area contributed by atoms with Gasteiger partial charge in [0.1, 0.15) is 0 Å². The molecule has 0 fully saturated rings. The van der Waals surface area contributed by atoms with Crippen LogP contribution in [0.15, 0.2) is 134 Å². The van der Waals surface area contributed by atoms with Gasteiger partial charge >= 0.3 is 0 Å². The molecule has 190 valence electrons. The van der Waals surface area contributed by atoms with Crippen molar-refractivity contribution in [3.05, 3.63) is 144 Å². The van der Waals surface area contributed by atoms with Crippen molar-refractivity contribution in [3.63, 3.8) is 0 Å². The van der Waals surface area contributed by atoms with E-state index in [1.165, 1.54) is 75.5 Å². The molecule has 1 heteroatoms. The van der Waals surface area contributed by atoms with Crippen molar-refractivity contribution in [2.45, 2.75) is 6.92 Å². The normalized spacial score (nSPS) is 11.6. The molecular weight excluding hydrogens is 500 g/mol. The van der Waals surface area contributed by atoms with Gasteiger partial charge in [-0.15, -0.1) is 11.3 Å². The van der Waals surface area contributed by atoms with Gasteiger partial charge in [-0.05, 0) is 67.9 Å². The van der Waals surface area contributed by atoms with Crippen LogP contribution in [0.1, 0.15) is 17.4 Å². The maximum Gasteiger partial charge on any atom is 0.0434 e. The van der Waals surface area contributed by atoms with Gasteiger partial charge in [-0.2, -0.15) is 0 Å². The molecule has 0 saturated heterocycles. The Kier molecular flexibility index (Phi) is 6.15. The lowest BCUT2D eigenvalue weighted by molar-refractivity contribution is 1.61. The molecule has 1 heterocycles. The Morgan fingerprint density at radius 2 is 1.10 bits per heavy atom. The first kappa shape index (κ1) is 24.3. The number of allylic oxidation sites excluding steroid dienone is 1. The van der Waals surface area contributed by atoms with E-state index in [0.717, 1.165) is 0 Å². The molecule has 7 rings (SSSR count). The van der Waals surface area contributed by atoms with Crippen molar-refractivity contribution in [2.75, 3.05) is 0 Å². The predicted octanol–water partition coefficient (Wildman–Crippen LogP) is 11.9. The molecule has 0 nitrogen and oxygen atoms in total. The van der Waals surface area contributed by atoms with E-state index in [0.29, 0.717) is 0 Å². The molecule has 7 aromatic rings. The van der Waals surface area contributed by atoms with Crippen LogP contribution >= 0.6 is 11.3 Å². The van der Waals surface area contributed by atoms with Crippen LogP contribution in [-0.2, 0) is 0 Å². The maximum atomic E-state index is 4.12. The molecule has 0 atom stereocenters. The summed E-state index contributed by atoms with van der Waals surface area (Å²) in [6, 6.07) is 44.1. The fourth-order valence-electron chi connectivity index (χ4n) is 6.06. The summed E-state index contributed by atoms with van der Waals surface area (Å²) in [7, 11) is 0. The second-order valence-electron chi connectivity index (χ2n) is 10.1. The van der Waals surface area contributed by atoms with Gasteiger partial charge in [0, 0.05) is 20.5 Å². The number of fused-ring (bicyclic) bond motifs is 3. The maximum absolute atomic E-state index is 4.12. The Morgan fingerprint density at radius 1 is 0.550 bits per heavy atom. The van der Waals surface area contributed by atoms with Crippen molar-refractivity contribution < 1.29 is 0 Å². The lowest BCUT2D eigenvalue weighted by Crippen LogP contribution is -1.91. The SMILES string of the molecule is C=Cc1sc2c(-c3c4ccccc4c(-c4cccc(-c5ccccc5)c4)c4ccccc34)cccc2c1/C=C\C. The molecule has 0 aliphatic heterocycles. The topological polar surface area (TPSA) is 0 Å². The second-order valence-corrected chi connectivity index (χ2v) is 11.1. The number of rotatable bonds is 5. The Bertz CT molecular complexity index is 2020. The summed E-state index contributed by atoms with van der Waals surface area (Å²) in [6.45, 7) is 6.20. The molecule has 1 aromatic heterocycles. The van der Waals surface area contributed by atoms with Crippen LogP contribution in [0.5, 0.6) is 0 Å². The number of benzene rings is 6. The number of thiophene rings is 1. The van der Waals surface area contributed by atoms with Crippen LogP contribution in [0.2, 0.25) is 0 Å². The van der Waals surface area contributed by atoms with E-state index in [1.807, 2.05) is 17.4 Å². The molecule has 0 radical (unpaired) electrons. The molecule has 0 N–H and O–H groups in total. The van der Waals surface area contributed by atoms with E-state index in [-0.39, 0.29) is 0 Å². The van der Waals surface area contributed by atoms with Crippen LogP contribution in [0.25, 0.3) is 77.2 Å². The lowest BCUT2D eigenvalue weighted by atomic mass is 9.85. The molecular formula is C39H28S. The molecule has 0 amide bonds. The molecule has 0 bridgehead atoms. The van der Waals surface area contributed by atoms with Gasteiger partial charge in [-0.1, -0.05) is 140 Å². The van der Waals surface area contributed by atoms with Crippen molar-refractivity contribution >= 4 is 55.1 Å². The summed E-state index contributed by atoms with van der Waals surface area (Å²) in [5, 5.41) is 6.37. The van der Waals surface area contributed by atoms with Gasteiger partial charge in [0.05, 0.1) is 0 Å². The number of hydrogen-bond acceptors (Lipinski definition) is 1. The quantitative estimate of drug-likeness (QED) is 0.195. The summed E-state index contributed by atoms with van der Waals surface area (Å²) in [4.78, 5) is 1.21. The van der Waals surface area contributed by atoms with Gasteiger partial charge in [-0.3, -0.25) is 0 Å². The van der Waals surface area contributed by atoms with E-state index in [1.54, 1.807) is 0 Å². The highest BCUT2D eigenvalue weighted by atomic mass is 32.1. The summed E-state index contributed by atoms with van der Waals surface area (Å²) in [6.07, 6.45) is 6.31. The van der Waals surface area contributed by atoms with Gasteiger partial charge in [0.25, 0.3) is 0 Å². The Hall–Kier alpha value is -4.72. The predicted molar refractivity (Wildman–Crippen MR) is 178 cm³/mol. The summed E-state index contributed by atoms with van der Waals surface area (Å²) in [5.41, 5.74) is 8.80. The van der Waals surface area contributed by atoms with Crippen LogP contribution in [0.4, 0.5) is 0 Å². The zero-order valence-electron chi connectivity index (χ0n) is 22.4. The first-order valence-electron chi connectivity index (χ1n) is 13.7. The Labute approximate surface area is 239 Å². The van der Waals surface area contributed by atoms with E-state index in [4.69, 9.17) is 0 Å². The highest BCUT2D eigenvalue weighted by molar-refractivity contribution is 7.20. The standard InChI is InChI=1S/C39H28S/c1-3-14-29-34-23-13-24-35(39(34)40-36(29)4-2)38-32-21-10-8-19-30(32)37(31-20-9-11-22-33(31)38)28-18-12-17-27(25-28)26-15-6-5-7-16-26/h3-25H,2H2,1H3/b14-3-. The van der Waals surface area contributed by atoms with E-state index in [2.05, 4.69) is 147 Å². The van der Waals surface area contributed by atoms with E-state index < -0.39 is 0 Å². The van der Waals surface area contributed by atoms with Crippen molar-refractivity contribution in [2.24, 2.45) is 0 Å². The van der Waals surface area contributed by atoms with Crippen molar-refractivity contribution in [3.8, 4) is 33.4 Å². The zero-order chi connectivity index (χ0) is 27.1. The van der Waals surface area contributed by atoms with Crippen LogP contribution in [0.3, 0.4) is 0 Å². The second kappa shape index (κ2) is 10.1. The molecule has 6 aromatic carbocycles. The third-order valence-electron chi connectivity index (χ3n) is 7.76. The third-order valence-corrected chi connectivity index (χ3v) is 9.01. The Morgan fingerprint density at radius 3 is 1.75 bits per heavy atom. The smallest absolute Gasteiger partial charge is 0.0434 e. The molecule has 0 aliphatic carbocycles. The zero-order valence-corrected chi connectivity index (χ0v) is 23.2. The fraction of sp³-hybridized carbons (Fsp3) is 0.0256. The summed E-state index contributed by atoms with van der Waals surface area (Å²) < 4.78 is 1.31. The minimum absolute atomic E-state index is 1.21. The first-order valence-corrected chi connectivity index (χ1v) is 14.5.